The van der Waals surface area contributed by atoms with Crippen LogP contribution in [0.5, 0.6) is 0 Å². The van der Waals surface area contributed by atoms with Crippen molar-refractivity contribution in [3.63, 3.8) is 0 Å². The highest BCUT2D eigenvalue weighted by atomic mass is 15.1. The zero-order valence-corrected chi connectivity index (χ0v) is 14.3. The van der Waals surface area contributed by atoms with Gasteiger partial charge in [-0.1, -0.05) is 32.0 Å². The second-order valence-corrected chi connectivity index (χ2v) is 6.15. The smallest absolute Gasteiger partial charge is 0.222 e. The highest BCUT2D eigenvalue weighted by molar-refractivity contribution is 5.50. The molecule has 1 heterocycles. The van der Waals surface area contributed by atoms with E-state index in [-0.39, 0.29) is 0 Å². The molecule has 0 aliphatic heterocycles. The number of nitrogens with zero attached hydrogens (tertiary/aromatic N) is 2. The number of benzene rings is 1. The molecule has 2 rings (SSSR count). The Balaban J connectivity index is 1.95. The van der Waals surface area contributed by atoms with Gasteiger partial charge in [0.25, 0.3) is 0 Å². The summed E-state index contributed by atoms with van der Waals surface area (Å²) in [7, 11) is 0. The maximum Gasteiger partial charge on any atom is 0.222 e. The Labute approximate surface area is 138 Å². The number of rotatable bonds is 8. The van der Waals surface area contributed by atoms with E-state index in [9.17, 15) is 0 Å². The van der Waals surface area contributed by atoms with E-state index in [0.717, 1.165) is 43.1 Å². The van der Waals surface area contributed by atoms with Crippen molar-refractivity contribution in [2.45, 2.75) is 33.6 Å². The standard InChI is InChI=1S/C18H27N5/c1-13(2)9-10-16-14(3)22-18(19)23-17(16)21-12-11-20-15-7-5-4-6-8-15/h4-8,13,20H,9-12H2,1-3H3,(H3,19,21,22,23). The monoisotopic (exact) mass is 313 g/mol. The number of nitrogens with one attached hydrogen (secondary N) is 2. The van der Waals surface area contributed by atoms with Crippen molar-refractivity contribution < 1.29 is 0 Å². The maximum absolute atomic E-state index is 5.80. The minimum atomic E-state index is 0.328. The van der Waals surface area contributed by atoms with Crippen LogP contribution >= 0.6 is 0 Å². The number of hydrogen-bond donors (Lipinski definition) is 3. The molecule has 0 aliphatic carbocycles. The molecule has 4 N–H and O–H groups in total. The second-order valence-electron chi connectivity index (χ2n) is 6.15. The van der Waals surface area contributed by atoms with Gasteiger partial charge in [-0.15, -0.1) is 0 Å². The van der Waals surface area contributed by atoms with Crippen LogP contribution < -0.4 is 16.4 Å². The molecule has 5 nitrogen and oxygen atoms in total. The van der Waals surface area contributed by atoms with Crippen molar-refractivity contribution in [3.8, 4) is 0 Å². The minimum absolute atomic E-state index is 0.328. The van der Waals surface area contributed by atoms with Crippen LogP contribution in [0.4, 0.5) is 17.5 Å². The fourth-order valence-electron chi connectivity index (χ4n) is 2.44. The molecule has 0 fully saturated rings. The van der Waals surface area contributed by atoms with Crippen LogP contribution in [0.25, 0.3) is 0 Å². The van der Waals surface area contributed by atoms with Crippen LogP contribution in [-0.2, 0) is 6.42 Å². The highest BCUT2D eigenvalue weighted by Crippen LogP contribution is 2.20. The Bertz CT molecular complexity index is 610. The lowest BCUT2D eigenvalue weighted by Gasteiger charge is -2.15. The van der Waals surface area contributed by atoms with Gasteiger partial charge in [-0.2, -0.15) is 4.98 Å². The average Bonchev–Trinajstić information content (AvgIpc) is 2.51. The lowest BCUT2D eigenvalue weighted by atomic mass is 10.0. The zero-order valence-electron chi connectivity index (χ0n) is 14.3. The van der Waals surface area contributed by atoms with Gasteiger partial charge < -0.3 is 16.4 Å². The summed E-state index contributed by atoms with van der Waals surface area (Å²) in [6, 6.07) is 10.2. The van der Waals surface area contributed by atoms with Crippen LogP contribution in [-0.4, -0.2) is 23.1 Å². The van der Waals surface area contributed by atoms with Gasteiger partial charge in [0, 0.05) is 30.0 Å². The van der Waals surface area contributed by atoms with Gasteiger partial charge in [0.15, 0.2) is 0 Å². The average molecular weight is 313 g/mol. The van der Waals surface area contributed by atoms with Gasteiger partial charge in [-0.05, 0) is 37.8 Å². The Hall–Kier alpha value is -2.30. The van der Waals surface area contributed by atoms with Crippen LogP contribution in [0, 0.1) is 12.8 Å². The molecular formula is C18H27N5. The number of aromatic nitrogens is 2. The molecule has 0 spiro atoms. The van der Waals surface area contributed by atoms with Crippen molar-refractivity contribution in [2.75, 3.05) is 29.5 Å². The zero-order chi connectivity index (χ0) is 16.7. The first-order valence-corrected chi connectivity index (χ1v) is 8.22. The summed E-state index contributed by atoms with van der Waals surface area (Å²) in [5.41, 5.74) is 9.06. The number of nitrogen functional groups attached to an aromatic ring is 1. The molecule has 0 saturated carbocycles. The van der Waals surface area contributed by atoms with Gasteiger partial charge in [-0.3, -0.25) is 0 Å². The largest absolute Gasteiger partial charge is 0.383 e. The Morgan fingerprint density at radius 3 is 2.43 bits per heavy atom. The van der Waals surface area contributed by atoms with Crippen molar-refractivity contribution in [1.29, 1.82) is 0 Å². The van der Waals surface area contributed by atoms with E-state index in [4.69, 9.17) is 5.73 Å². The first-order valence-electron chi connectivity index (χ1n) is 8.22. The number of aryl methyl sites for hydroxylation is 1. The van der Waals surface area contributed by atoms with E-state index in [0.29, 0.717) is 11.9 Å². The Morgan fingerprint density at radius 1 is 1.04 bits per heavy atom. The van der Waals surface area contributed by atoms with Crippen molar-refractivity contribution >= 4 is 17.5 Å². The third-order valence-corrected chi connectivity index (χ3v) is 3.72. The third-order valence-electron chi connectivity index (χ3n) is 3.72. The predicted molar refractivity (Wildman–Crippen MR) is 97.8 cm³/mol. The lowest BCUT2D eigenvalue weighted by Crippen LogP contribution is -2.17. The number of hydrogen-bond acceptors (Lipinski definition) is 5. The lowest BCUT2D eigenvalue weighted by molar-refractivity contribution is 0.584. The quantitative estimate of drug-likeness (QED) is 0.651. The van der Waals surface area contributed by atoms with E-state index in [1.54, 1.807) is 0 Å². The SMILES string of the molecule is Cc1nc(N)nc(NCCNc2ccccc2)c1CCC(C)C. The van der Waals surface area contributed by atoms with Crippen LogP contribution in [0.2, 0.25) is 0 Å². The second kappa shape index (κ2) is 8.36. The van der Waals surface area contributed by atoms with E-state index in [1.807, 2.05) is 25.1 Å². The summed E-state index contributed by atoms with van der Waals surface area (Å²) in [6.45, 7) is 8.05. The van der Waals surface area contributed by atoms with E-state index in [2.05, 4.69) is 46.6 Å². The van der Waals surface area contributed by atoms with Crippen molar-refractivity contribution in [1.82, 2.24) is 9.97 Å². The summed E-state index contributed by atoms with van der Waals surface area (Å²) in [4.78, 5) is 8.68. The first kappa shape index (κ1) is 17.1. The third kappa shape index (κ3) is 5.43. The summed E-state index contributed by atoms with van der Waals surface area (Å²) < 4.78 is 0. The van der Waals surface area contributed by atoms with E-state index >= 15 is 0 Å². The normalized spacial score (nSPS) is 10.8. The molecular weight excluding hydrogens is 286 g/mol. The minimum Gasteiger partial charge on any atom is -0.383 e. The van der Waals surface area contributed by atoms with Crippen LogP contribution in [0.1, 0.15) is 31.5 Å². The predicted octanol–water partition coefficient (Wildman–Crippen LogP) is 3.48. The Morgan fingerprint density at radius 2 is 1.74 bits per heavy atom. The molecule has 1 aromatic carbocycles. The molecule has 0 bridgehead atoms. The summed E-state index contributed by atoms with van der Waals surface area (Å²) in [6.07, 6.45) is 2.09. The van der Waals surface area contributed by atoms with Gasteiger partial charge in [0.05, 0.1) is 0 Å². The van der Waals surface area contributed by atoms with Gasteiger partial charge in [0.2, 0.25) is 5.95 Å². The van der Waals surface area contributed by atoms with Gasteiger partial charge >= 0.3 is 0 Å². The molecule has 0 aliphatic rings. The highest BCUT2D eigenvalue weighted by Gasteiger charge is 2.11. The summed E-state index contributed by atoms with van der Waals surface area (Å²) >= 11 is 0. The maximum atomic E-state index is 5.80. The molecule has 2 aromatic rings. The molecule has 1 aromatic heterocycles. The fraction of sp³-hybridized carbons (Fsp3) is 0.444. The topological polar surface area (TPSA) is 75.9 Å². The summed E-state index contributed by atoms with van der Waals surface area (Å²) in [5.74, 6) is 1.85. The van der Waals surface area contributed by atoms with Crippen LogP contribution in [0.15, 0.2) is 30.3 Å². The Kier molecular flexibility index (Phi) is 6.20. The molecule has 0 atom stereocenters. The molecule has 0 amide bonds. The van der Waals surface area contributed by atoms with Gasteiger partial charge in [-0.25, -0.2) is 4.98 Å². The van der Waals surface area contributed by atoms with Crippen molar-refractivity contribution in [3.05, 3.63) is 41.6 Å². The van der Waals surface area contributed by atoms with Gasteiger partial charge in [0.1, 0.15) is 5.82 Å². The number of nitrogens with two attached hydrogens (primary N) is 1. The molecule has 0 radical (unpaired) electrons. The number of para-hydroxylation sites is 1. The number of anilines is 3. The molecule has 5 heteroatoms. The summed E-state index contributed by atoms with van der Waals surface area (Å²) in [5, 5.41) is 6.77. The van der Waals surface area contributed by atoms with Crippen LogP contribution in [0.3, 0.4) is 0 Å². The molecule has 0 unspecified atom stereocenters. The molecule has 0 saturated heterocycles. The van der Waals surface area contributed by atoms with E-state index in [1.165, 1.54) is 5.56 Å². The van der Waals surface area contributed by atoms with E-state index < -0.39 is 0 Å². The first-order chi connectivity index (χ1) is 11.1. The van der Waals surface area contributed by atoms with Crippen molar-refractivity contribution in [2.24, 2.45) is 5.92 Å². The molecule has 124 valence electrons. The molecule has 23 heavy (non-hydrogen) atoms. The fourth-order valence-corrected chi connectivity index (χ4v) is 2.44.